The maximum Gasteiger partial charge on any atom is 0.196 e. The van der Waals surface area contributed by atoms with Crippen molar-refractivity contribution in [1.29, 1.82) is 0 Å². The first-order chi connectivity index (χ1) is 7.84. The summed E-state index contributed by atoms with van der Waals surface area (Å²) in [7, 11) is 0. The van der Waals surface area contributed by atoms with Crippen molar-refractivity contribution in [3.63, 3.8) is 0 Å². The Kier molecular flexibility index (Phi) is 2.14. The zero-order valence-corrected chi connectivity index (χ0v) is 8.95. The third kappa shape index (κ3) is 1.47. The van der Waals surface area contributed by atoms with Gasteiger partial charge in [0.25, 0.3) is 0 Å². The molecular weight excluding hydrogens is 230 g/mol. The number of nitrogens with zero attached hydrogens (tertiary/aromatic N) is 3. The molecule has 0 saturated heterocycles. The lowest BCUT2D eigenvalue weighted by Gasteiger charge is -2.07. The molecule has 0 fully saturated rings. The second kappa shape index (κ2) is 3.64. The Morgan fingerprint density at radius 1 is 1.38 bits per heavy atom. The number of rotatable bonds is 1. The van der Waals surface area contributed by atoms with E-state index >= 15 is 0 Å². The average molecular weight is 238 g/mol. The van der Waals surface area contributed by atoms with Gasteiger partial charge in [0.2, 0.25) is 0 Å². The van der Waals surface area contributed by atoms with Gasteiger partial charge in [0.15, 0.2) is 11.5 Å². The van der Waals surface area contributed by atoms with Crippen molar-refractivity contribution in [3.05, 3.63) is 17.2 Å². The molecule has 0 saturated carbocycles. The van der Waals surface area contributed by atoms with Gasteiger partial charge in [-0.3, -0.25) is 4.99 Å². The van der Waals surface area contributed by atoms with Gasteiger partial charge in [0.05, 0.1) is 17.3 Å². The van der Waals surface area contributed by atoms with Crippen LogP contribution in [0.15, 0.2) is 21.8 Å². The third-order valence-corrected chi connectivity index (χ3v) is 2.61. The van der Waals surface area contributed by atoms with Gasteiger partial charge < -0.3 is 10.6 Å². The molecule has 2 aromatic rings. The Hall–Kier alpha value is -1.82. The van der Waals surface area contributed by atoms with E-state index in [1.807, 2.05) is 0 Å². The second-order valence-electron chi connectivity index (χ2n) is 3.34. The summed E-state index contributed by atoms with van der Waals surface area (Å²) in [6, 6.07) is 3.50. The number of nitrogens with one attached hydrogen (secondary N) is 2. The number of hydrogen-bond donors (Lipinski definition) is 2. The Morgan fingerprint density at radius 2 is 2.31 bits per heavy atom. The van der Waals surface area contributed by atoms with Crippen molar-refractivity contribution in [2.75, 3.05) is 18.4 Å². The first-order valence-electron chi connectivity index (χ1n) is 4.81. The number of aliphatic imine (C=N–C) groups is 1. The first-order valence-corrected chi connectivity index (χ1v) is 5.18. The van der Waals surface area contributed by atoms with Gasteiger partial charge in [-0.05, 0) is 22.4 Å². The third-order valence-electron chi connectivity index (χ3n) is 2.29. The Morgan fingerprint density at radius 3 is 3.12 bits per heavy atom. The molecule has 82 valence electrons. The van der Waals surface area contributed by atoms with E-state index in [9.17, 15) is 0 Å². The summed E-state index contributed by atoms with van der Waals surface area (Å²) in [6.07, 6.45) is 0. The molecule has 3 rings (SSSR count). The number of benzene rings is 1. The predicted octanol–water partition coefficient (Wildman–Crippen LogP) is 1.25. The minimum absolute atomic E-state index is 0.555. The van der Waals surface area contributed by atoms with E-state index in [4.69, 9.17) is 11.6 Å². The Bertz CT molecular complexity index is 564. The van der Waals surface area contributed by atoms with Crippen LogP contribution in [0.4, 0.5) is 5.69 Å². The number of anilines is 1. The molecule has 0 unspecified atom stereocenters. The highest BCUT2D eigenvalue weighted by atomic mass is 35.5. The summed E-state index contributed by atoms with van der Waals surface area (Å²) in [4.78, 5) is 4.22. The molecule has 0 amide bonds. The molecule has 16 heavy (non-hydrogen) atoms. The summed E-state index contributed by atoms with van der Waals surface area (Å²) < 4.78 is 4.67. The van der Waals surface area contributed by atoms with E-state index in [1.165, 1.54) is 0 Å². The van der Waals surface area contributed by atoms with Crippen LogP contribution >= 0.6 is 11.6 Å². The molecule has 0 atom stereocenters. The van der Waals surface area contributed by atoms with Crippen LogP contribution in [0, 0.1) is 0 Å². The zero-order valence-electron chi connectivity index (χ0n) is 8.20. The van der Waals surface area contributed by atoms with Crippen LogP contribution in [-0.2, 0) is 0 Å². The van der Waals surface area contributed by atoms with Crippen molar-refractivity contribution in [2.24, 2.45) is 4.99 Å². The molecule has 2 heterocycles. The molecule has 6 nitrogen and oxygen atoms in total. The molecule has 1 aliphatic rings. The van der Waals surface area contributed by atoms with Gasteiger partial charge in [-0.2, -0.15) is 0 Å². The minimum atomic E-state index is 0.555. The fourth-order valence-electron chi connectivity index (χ4n) is 1.55. The molecule has 2 N–H and O–H groups in total. The van der Waals surface area contributed by atoms with Crippen LogP contribution in [0.3, 0.4) is 0 Å². The first kappa shape index (κ1) is 9.41. The second-order valence-corrected chi connectivity index (χ2v) is 3.74. The van der Waals surface area contributed by atoms with Crippen molar-refractivity contribution < 1.29 is 4.63 Å². The highest BCUT2D eigenvalue weighted by molar-refractivity contribution is 6.35. The topological polar surface area (TPSA) is 75.3 Å². The highest BCUT2D eigenvalue weighted by Gasteiger charge is 2.14. The van der Waals surface area contributed by atoms with Crippen molar-refractivity contribution in [3.8, 4) is 0 Å². The SMILES string of the molecule is Clc1ccc2nonc2c1NC1=NCCN1. The van der Waals surface area contributed by atoms with Gasteiger partial charge in [-0.25, -0.2) is 4.63 Å². The van der Waals surface area contributed by atoms with E-state index in [0.29, 0.717) is 27.7 Å². The standard InChI is InChI=1S/C9H8ClN5O/c10-5-1-2-6-8(15-16-14-6)7(5)13-9-11-3-4-12-9/h1-2H,3-4H2,(H2,11,12,13). The van der Waals surface area contributed by atoms with Crippen LogP contribution < -0.4 is 10.6 Å². The van der Waals surface area contributed by atoms with Crippen LogP contribution in [0.5, 0.6) is 0 Å². The lowest BCUT2D eigenvalue weighted by Crippen LogP contribution is -2.26. The zero-order chi connectivity index (χ0) is 11.0. The number of fused-ring (bicyclic) bond motifs is 1. The Balaban J connectivity index is 2.06. The molecule has 0 radical (unpaired) electrons. The number of aromatic nitrogens is 2. The average Bonchev–Trinajstić information content (AvgIpc) is 2.92. The number of guanidine groups is 1. The number of halogens is 1. The quantitative estimate of drug-likeness (QED) is 0.781. The van der Waals surface area contributed by atoms with Gasteiger partial charge in [-0.15, -0.1) is 0 Å². The van der Waals surface area contributed by atoms with Crippen molar-refractivity contribution >= 4 is 34.3 Å². The summed E-state index contributed by atoms with van der Waals surface area (Å²) >= 11 is 6.08. The maximum absolute atomic E-state index is 6.08. The van der Waals surface area contributed by atoms with E-state index in [1.54, 1.807) is 12.1 Å². The molecule has 1 aromatic heterocycles. The van der Waals surface area contributed by atoms with Crippen LogP contribution in [0.2, 0.25) is 5.02 Å². The van der Waals surface area contributed by atoms with Crippen LogP contribution in [0.25, 0.3) is 11.0 Å². The largest absolute Gasteiger partial charge is 0.354 e. The minimum Gasteiger partial charge on any atom is -0.354 e. The van der Waals surface area contributed by atoms with Gasteiger partial charge in [-0.1, -0.05) is 11.6 Å². The van der Waals surface area contributed by atoms with E-state index in [-0.39, 0.29) is 0 Å². The lowest BCUT2D eigenvalue weighted by atomic mass is 10.2. The summed E-state index contributed by atoms with van der Waals surface area (Å²) in [5, 5.41) is 14.3. The molecule has 7 heteroatoms. The molecule has 0 spiro atoms. The highest BCUT2D eigenvalue weighted by Crippen LogP contribution is 2.28. The van der Waals surface area contributed by atoms with E-state index < -0.39 is 0 Å². The van der Waals surface area contributed by atoms with Crippen LogP contribution in [0.1, 0.15) is 0 Å². The summed E-state index contributed by atoms with van der Waals surface area (Å²) in [6.45, 7) is 1.58. The van der Waals surface area contributed by atoms with Crippen LogP contribution in [-0.4, -0.2) is 29.4 Å². The smallest absolute Gasteiger partial charge is 0.196 e. The molecule has 0 bridgehead atoms. The molecule has 1 aliphatic heterocycles. The van der Waals surface area contributed by atoms with Crippen molar-refractivity contribution in [2.45, 2.75) is 0 Å². The summed E-state index contributed by atoms with van der Waals surface area (Å²) in [5.41, 5.74) is 1.92. The molecule has 1 aromatic carbocycles. The van der Waals surface area contributed by atoms with Gasteiger partial charge >= 0.3 is 0 Å². The van der Waals surface area contributed by atoms with E-state index in [0.717, 1.165) is 13.1 Å². The fraction of sp³-hybridized carbons (Fsp3) is 0.222. The fourth-order valence-corrected chi connectivity index (χ4v) is 1.75. The van der Waals surface area contributed by atoms with E-state index in [2.05, 4.69) is 30.6 Å². The number of hydrogen-bond acceptors (Lipinski definition) is 6. The Labute approximate surface area is 95.6 Å². The lowest BCUT2D eigenvalue weighted by molar-refractivity contribution is 0.315. The molecular formula is C9H8ClN5O. The summed E-state index contributed by atoms with van der Waals surface area (Å²) in [5.74, 6) is 0.692. The molecule has 0 aliphatic carbocycles. The normalized spacial score (nSPS) is 14.9. The van der Waals surface area contributed by atoms with Crippen molar-refractivity contribution in [1.82, 2.24) is 15.6 Å². The predicted molar refractivity (Wildman–Crippen MR) is 60.7 cm³/mol. The maximum atomic E-state index is 6.08. The van der Waals surface area contributed by atoms with Gasteiger partial charge in [0, 0.05) is 6.54 Å². The monoisotopic (exact) mass is 237 g/mol. The van der Waals surface area contributed by atoms with Gasteiger partial charge in [0.1, 0.15) is 5.52 Å².